The molecule has 2 heterocycles. The monoisotopic (exact) mass is 344 g/mol. The van der Waals surface area contributed by atoms with E-state index in [-0.39, 0.29) is 11.5 Å². The standard InChI is InChI=1S/C20H16N4O2/c1-13-4-6-14(7-5-13)18-20(23-22-15-8-10-16(25)11-9-15)24-12-2-3-17(26)19(24)21-18/h2-12,25-26H,1H3. The van der Waals surface area contributed by atoms with Crippen molar-refractivity contribution >= 4 is 17.2 Å². The first-order chi connectivity index (χ1) is 12.6. The molecule has 0 aliphatic heterocycles. The number of rotatable bonds is 3. The minimum absolute atomic E-state index is 0.0759. The first-order valence-electron chi connectivity index (χ1n) is 8.10. The second-order valence-electron chi connectivity index (χ2n) is 5.95. The van der Waals surface area contributed by atoms with Gasteiger partial charge in [-0.25, -0.2) is 4.98 Å². The molecular formula is C20H16N4O2. The van der Waals surface area contributed by atoms with E-state index in [2.05, 4.69) is 15.2 Å². The molecule has 0 amide bonds. The summed E-state index contributed by atoms with van der Waals surface area (Å²) in [7, 11) is 0. The summed E-state index contributed by atoms with van der Waals surface area (Å²) in [5.41, 5.74) is 3.69. The highest BCUT2D eigenvalue weighted by Gasteiger charge is 2.16. The van der Waals surface area contributed by atoms with Gasteiger partial charge >= 0.3 is 0 Å². The van der Waals surface area contributed by atoms with Crippen LogP contribution in [0.3, 0.4) is 0 Å². The minimum atomic E-state index is 0.0759. The first-order valence-corrected chi connectivity index (χ1v) is 8.10. The van der Waals surface area contributed by atoms with Crippen LogP contribution in [0.15, 0.2) is 77.1 Å². The zero-order valence-electron chi connectivity index (χ0n) is 14.0. The number of pyridine rings is 1. The zero-order valence-corrected chi connectivity index (χ0v) is 14.0. The Morgan fingerprint density at radius 1 is 0.885 bits per heavy atom. The van der Waals surface area contributed by atoms with Crippen LogP contribution in [0, 0.1) is 6.92 Å². The third-order valence-corrected chi connectivity index (χ3v) is 4.04. The van der Waals surface area contributed by atoms with Crippen molar-refractivity contribution in [1.29, 1.82) is 0 Å². The average Bonchev–Trinajstić information content (AvgIpc) is 3.02. The number of hydrogen-bond acceptors (Lipinski definition) is 5. The van der Waals surface area contributed by atoms with Crippen LogP contribution in [0.5, 0.6) is 11.5 Å². The van der Waals surface area contributed by atoms with E-state index >= 15 is 0 Å². The van der Waals surface area contributed by atoms with Crippen molar-refractivity contribution in [3.8, 4) is 22.8 Å². The normalized spacial score (nSPS) is 11.4. The molecule has 0 unspecified atom stereocenters. The number of aryl methyl sites for hydroxylation is 1. The second-order valence-corrected chi connectivity index (χ2v) is 5.95. The highest BCUT2D eigenvalue weighted by Crippen LogP contribution is 2.34. The molecule has 2 N–H and O–H groups in total. The third kappa shape index (κ3) is 2.88. The number of azo groups is 1. The maximum absolute atomic E-state index is 10.1. The van der Waals surface area contributed by atoms with Gasteiger partial charge in [-0.15, -0.1) is 10.2 Å². The van der Waals surface area contributed by atoms with Crippen molar-refractivity contribution in [2.75, 3.05) is 0 Å². The number of imidazole rings is 1. The Kier molecular flexibility index (Phi) is 3.85. The van der Waals surface area contributed by atoms with Gasteiger partial charge in [0.05, 0.1) is 5.69 Å². The Labute approximate surface area is 149 Å². The number of phenolic OH excluding ortho intramolecular Hbond substituents is 1. The molecule has 0 spiro atoms. The van der Waals surface area contributed by atoms with Crippen molar-refractivity contribution in [3.05, 3.63) is 72.4 Å². The molecule has 0 bridgehead atoms. The summed E-state index contributed by atoms with van der Waals surface area (Å²) in [6, 6.07) is 17.7. The maximum atomic E-state index is 10.1. The lowest BCUT2D eigenvalue weighted by atomic mass is 10.1. The van der Waals surface area contributed by atoms with Crippen molar-refractivity contribution in [1.82, 2.24) is 9.38 Å². The molecule has 4 aromatic rings. The van der Waals surface area contributed by atoms with Crippen LogP contribution in [-0.4, -0.2) is 19.6 Å². The van der Waals surface area contributed by atoms with Crippen molar-refractivity contribution < 1.29 is 10.2 Å². The fourth-order valence-corrected chi connectivity index (χ4v) is 2.67. The number of hydrogen-bond donors (Lipinski definition) is 2. The predicted molar refractivity (Wildman–Crippen MR) is 99.3 cm³/mol. The summed E-state index contributed by atoms with van der Waals surface area (Å²) in [6.45, 7) is 2.02. The molecule has 4 rings (SSSR count). The topological polar surface area (TPSA) is 82.5 Å². The van der Waals surface area contributed by atoms with Gasteiger partial charge in [-0.05, 0) is 43.3 Å². The molecule has 6 nitrogen and oxygen atoms in total. The van der Waals surface area contributed by atoms with E-state index in [0.717, 1.165) is 11.1 Å². The molecule has 0 atom stereocenters. The third-order valence-electron chi connectivity index (χ3n) is 4.04. The van der Waals surface area contributed by atoms with Crippen LogP contribution < -0.4 is 0 Å². The highest BCUT2D eigenvalue weighted by molar-refractivity contribution is 5.76. The van der Waals surface area contributed by atoms with Gasteiger partial charge in [0.15, 0.2) is 17.2 Å². The Morgan fingerprint density at radius 3 is 2.35 bits per heavy atom. The summed E-state index contributed by atoms with van der Waals surface area (Å²) in [5, 5.41) is 28.1. The number of aromatic nitrogens is 2. The van der Waals surface area contributed by atoms with E-state index in [1.165, 1.54) is 0 Å². The fraction of sp³-hybridized carbons (Fsp3) is 0.0500. The van der Waals surface area contributed by atoms with Gasteiger partial charge in [-0.2, -0.15) is 0 Å². The van der Waals surface area contributed by atoms with E-state index in [1.54, 1.807) is 47.0 Å². The van der Waals surface area contributed by atoms with Crippen LogP contribution in [-0.2, 0) is 0 Å². The van der Waals surface area contributed by atoms with Crippen molar-refractivity contribution in [2.45, 2.75) is 6.92 Å². The molecule has 2 aromatic heterocycles. The smallest absolute Gasteiger partial charge is 0.187 e. The molecule has 0 fully saturated rings. The van der Waals surface area contributed by atoms with E-state index in [9.17, 15) is 10.2 Å². The SMILES string of the molecule is Cc1ccc(-c2nc3c(O)cccn3c2N=Nc2ccc(O)cc2)cc1. The molecule has 6 heteroatoms. The maximum Gasteiger partial charge on any atom is 0.187 e. The lowest BCUT2D eigenvalue weighted by Crippen LogP contribution is -1.82. The minimum Gasteiger partial charge on any atom is -0.508 e. The lowest BCUT2D eigenvalue weighted by Gasteiger charge is -2.01. The molecule has 2 aromatic carbocycles. The first kappa shape index (κ1) is 15.8. The fourth-order valence-electron chi connectivity index (χ4n) is 2.67. The van der Waals surface area contributed by atoms with Crippen LogP contribution in [0.1, 0.15) is 5.56 Å². The van der Waals surface area contributed by atoms with Gasteiger partial charge < -0.3 is 10.2 Å². The number of aromatic hydroxyl groups is 2. The molecule has 0 aliphatic rings. The van der Waals surface area contributed by atoms with Crippen LogP contribution in [0.2, 0.25) is 0 Å². The van der Waals surface area contributed by atoms with Crippen LogP contribution >= 0.6 is 0 Å². The Hall–Kier alpha value is -3.67. The number of nitrogens with zero attached hydrogens (tertiary/aromatic N) is 4. The van der Waals surface area contributed by atoms with Crippen molar-refractivity contribution in [3.63, 3.8) is 0 Å². The summed E-state index contributed by atoms with van der Waals surface area (Å²) in [5.74, 6) is 0.767. The quantitative estimate of drug-likeness (QED) is 0.505. The van der Waals surface area contributed by atoms with E-state index in [1.807, 2.05) is 31.2 Å². The van der Waals surface area contributed by atoms with E-state index in [0.29, 0.717) is 22.8 Å². The summed E-state index contributed by atoms with van der Waals surface area (Å²) >= 11 is 0. The zero-order chi connectivity index (χ0) is 18.1. The molecule has 128 valence electrons. The van der Waals surface area contributed by atoms with Gasteiger partial charge in [0.2, 0.25) is 0 Å². The summed E-state index contributed by atoms with van der Waals surface area (Å²) < 4.78 is 1.70. The lowest BCUT2D eigenvalue weighted by molar-refractivity contribution is 0.475. The van der Waals surface area contributed by atoms with Gasteiger partial charge in [0, 0.05) is 11.8 Å². The van der Waals surface area contributed by atoms with Gasteiger partial charge in [0.1, 0.15) is 11.4 Å². The molecule has 0 radical (unpaired) electrons. The van der Waals surface area contributed by atoms with Gasteiger partial charge in [-0.3, -0.25) is 4.40 Å². The van der Waals surface area contributed by atoms with Crippen LogP contribution in [0.25, 0.3) is 16.9 Å². The number of fused-ring (bicyclic) bond motifs is 1. The summed E-state index contributed by atoms with van der Waals surface area (Å²) in [4.78, 5) is 4.56. The average molecular weight is 344 g/mol. The Balaban J connectivity index is 1.88. The molecule has 26 heavy (non-hydrogen) atoms. The number of benzene rings is 2. The molecule has 0 saturated heterocycles. The highest BCUT2D eigenvalue weighted by atomic mass is 16.3. The van der Waals surface area contributed by atoms with Crippen molar-refractivity contribution in [2.24, 2.45) is 10.2 Å². The molecule has 0 saturated carbocycles. The predicted octanol–water partition coefficient (Wildman–Crippen LogP) is 5.14. The Bertz CT molecular complexity index is 1100. The second kappa shape index (κ2) is 6.33. The molecule has 0 aliphatic carbocycles. The van der Waals surface area contributed by atoms with Gasteiger partial charge in [0.25, 0.3) is 0 Å². The van der Waals surface area contributed by atoms with E-state index < -0.39 is 0 Å². The van der Waals surface area contributed by atoms with Gasteiger partial charge in [-0.1, -0.05) is 29.8 Å². The van der Waals surface area contributed by atoms with E-state index in [4.69, 9.17) is 0 Å². The summed E-state index contributed by atoms with van der Waals surface area (Å²) in [6.07, 6.45) is 1.78. The largest absolute Gasteiger partial charge is 0.508 e. The Morgan fingerprint density at radius 2 is 1.62 bits per heavy atom. The molecular weight excluding hydrogens is 328 g/mol. The van der Waals surface area contributed by atoms with Crippen LogP contribution in [0.4, 0.5) is 11.5 Å². The number of phenols is 1.